The highest BCUT2D eigenvalue weighted by Crippen LogP contribution is 2.32. The summed E-state index contributed by atoms with van der Waals surface area (Å²) in [7, 11) is 0. The molecule has 100 valence electrons. The first-order chi connectivity index (χ1) is 8.39. The van der Waals surface area contributed by atoms with Crippen molar-refractivity contribution in [2.75, 3.05) is 19.6 Å². The Kier molecular flexibility index (Phi) is 3.76. The van der Waals surface area contributed by atoms with Gasteiger partial charge in [0, 0.05) is 19.6 Å². The molecule has 0 bridgehead atoms. The van der Waals surface area contributed by atoms with Gasteiger partial charge in [0.1, 0.15) is 0 Å². The van der Waals surface area contributed by atoms with Crippen molar-refractivity contribution in [2.24, 2.45) is 0 Å². The Balaban J connectivity index is 1.98. The number of rotatable bonds is 3. The Hall–Kier alpha value is -0.900. The van der Waals surface area contributed by atoms with E-state index in [9.17, 15) is 10.2 Å². The maximum atomic E-state index is 10.7. The third-order valence-corrected chi connectivity index (χ3v) is 3.60. The Morgan fingerprint density at radius 3 is 2.22 bits per heavy atom. The molecule has 1 aliphatic heterocycles. The van der Waals surface area contributed by atoms with E-state index in [2.05, 4.69) is 4.90 Å². The molecule has 2 N–H and O–H groups in total. The molecule has 3 heteroatoms. The molecule has 0 atom stereocenters. The summed E-state index contributed by atoms with van der Waals surface area (Å²) >= 11 is 0. The summed E-state index contributed by atoms with van der Waals surface area (Å²) in [5.41, 5.74) is -0.354. The molecule has 0 spiro atoms. The SMILES string of the molecule is CC(C)(O)CN1CCC(O)(c2ccccc2)CC1. The molecule has 1 aromatic carbocycles. The molecule has 0 amide bonds. The van der Waals surface area contributed by atoms with E-state index in [1.165, 1.54) is 0 Å². The van der Waals surface area contributed by atoms with E-state index in [0.717, 1.165) is 31.5 Å². The predicted octanol–water partition coefficient (Wildman–Crippen LogP) is 1.74. The fourth-order valence-electron chi connectivity index (χ4n) is 2.67. The second-order valence-corrected chi connectivity index (χ2v) is 5.99. The van der Waals surface area contributed by atoms with E-state index >= 15 is 0 Å². The Labute approximate surface area is 109 Å². The maximum Gasteiger partial charge on any atom is 0.0920 e. The molecule has 3 nitrogen and oxygen atoms in total. The number of hydrogen-bond acceptors (Lipinski definition) is 3. The lowest BCUT2D eigenvalue weighted by Crippen LogP contribution is -2.47. The monoisotopic (exact) mass is 249 g/mol. The Bertz CT molecular complexity index is 375. The van der Waals surface area contributed by atoms with Crippen LogP contribution in [0.4, 0.5) is 0 Å². The van der Waals surface area contributed by atoms with E-state index in [1.807, 2.05) is 44.2 Å². The summed E-state index contributed by atoms with van der Waals surface area (Å²) in [5, 5.41) is 20.5. The van der Waals surface area contributed by atoms with Crippen molar-refractivity contribution in [2.45, 2.75) is 37.9 Å². The van der Waals surface area contributed by atoms with Gasteiger partial charge in [0.2, 0.25) is 0 Å². The summed E-state index contributed by atoms with van der Waals surface area (Å²) in [5.74, 6) is 0. The molecule has 1 aliphatic rings. The van der Waals surface area contributed by atoms with Crippen LogP contribution in [0, 0.1) is 0 Å². The lowest BCUT2D eigenvalue weighted by molar-refractivity contribution is -0.0458. The lowest BCUT2D eigenvalue weighted by atomic mass is 9.84. The predicted molar refractivity (Wildman–Crippen MR) is 72.3 cm³/mol. The highest BCUT2D eigenvalue weighted by atomic mass is 16.3. The molecular weight excluding hydrogens is 226 g/mol. The fraction of sp³-hybridized carbons (Fsp3) is 0.600. The number of likely N-dealkylation sites (tertiary alicyclic amines) is 1. The second-order valence-electron chi connectivity index (χ2n) is 5.99. The van der Waals surface area contributed by atoms with Crippen molar-refractivity contribution < 1.29 is 10.2 Å². The summed E-state index contributed by atoms with van der Waals surface area (Å²) in [6, 6.07) is 9.89. The molecule has 0 unspecified atom stereocenters. The third kappa shape index (κ3) is 3.31. The molecule has 18 heavy (non-hydrogen) atoms. The normalized spacial score (nSPS) is 20.9. The van der Waals surface area contributed by atoms with Gasteiger partial charge < -0.3 is 15.1 Å². The topological polar surface area (TPSA) is 43.7 Å². The smallest absolute Gasteiger partial charge is 0.0920 e. The molecule has 1 saturated heterocycles. The van der Waals surface area contributed by atoms with Crippen LogP contribution in [0.15, 0.2) is 30.3 Å². The van der Waals surface area contributed by atoms with Crippen LogP contribution in [0.2, 0.25) is 0 Å². The lowest BCUT2D eigenvalue weighted by Gasteiger charge is -2.40. The minimum Gasteiger partial charge on any atom is -0.389 e. The molecule has 0 saturated carbocycles. The fourth-order valence-corrected chi connectivity index (χ4v) is 2.67. The molecule has 0 aromatic heterocycles. The molecule has 1 heterocycles. The van der Waals surface area contributed by atoms with Crippen LogP contribution >= 0.6 is 0 Å². The first kappa shape index (κ1) is 13.5. The minimum absolute atomic E-state index is 0.664. The molecule has 0 aliphatic carbocycles. The van der Waals surface area contributed by atoms with Crippen LogP contribution in [-0.4, -0.2) is 40.3 Å². The standard InChI is InChI=1S/C15H23NO2/c1-14(2,17)12-16-10-8-15(18,9-11-16)13-6-4-3-5-7-13/h3-7,17-18H,8-12H2,1-2H3. The average molecular weight is 249 g/mol. The quantitative estimate of drug-likeness (QED) is 0.857. The van der Waals surface area contributed by atoms with E-state index in [1.54, 1.807) is 0 Å². The first-order valence-electron chi connectivity index (χ1n) is 6.62. The molecule has 0 radical (unpaired) electrons. The number of aliphatic hydroxyl groups is 2. The van der Waals surface area contributed by atoms with Gasteiger partial charge in [0.15, 0.2) is 0 Å². The second kappa shape index (κ2) is 5.00. The van der Waals surface area contributed by atoms with Gasteiger partial charge in [-0.1, -0.05) is 30.3 Å². The first-order valence-corrected chi connectivity index (χ1v) is 6.62. The zero-order chi connectivity index (χ0) is 13.2. The summed E-state index contributed by atoms with van der Waals surface area (Å²) in [6.45, 7) is 5.97. The third-order valence-electron chi connectivity index (χ3n) is 3.60. The summed E-state index contributed by atoms with van der Waals surface area (Å²) < 4.78 is 0. The average Bonchev–Trinajstić information content (AvgIpc) is 2.32. The van der Waals surface area contributed by atoms with Crippen LogP contribution in [0.1, 0.15) is 32.3 Å². The van der Waals surface area contributed by atoms with Gasteiger partial charge in [-0.15, -0.1) is 0 Å². The summed E-state index contributed by atoms with van der Waals surface area (Å²) in [4.78, 5) is 2.22. The van der Waals surface area contributed by atoms with Crippen LogP contribution in [0.5, 0.6) is 0 Å². The molecule has 1 aromatic rings. The van der Waals surface area contributed by atoms with E-state index < -0.39 is 11.2 Å². The van der Waals surface area contributed by atoms with Crippen LogP contribution in [0.25, 0.3) is 0 Å². The zero-order valence-electron chi connectivity index (χ0n) is 11.3. The van der Waals surface area contributed by atoms with Crippen molar-refractivity contribution in [1.29, 1.82) is 0 Å². The number of hydrogen-bond donors (Lipinski definition) is 2. The van der Waals surface area contributed by atoms with Crippen molar-refractivity contribution in [3.05, 3.63) is 35.9 Å². The van der Waals surface area contributed by atoms with Gasteiger partial charge in [-0.25, -0.2) is 0 Å². The highest BCUT2D eigenvalue weighted by molar-refractivity contribution is 5.22. The van der Waals surface area contributed by atoms with Crippen molar-refractivity contribution in [1.82, 2.24) is 4.90 Å². The summed E-state index contributed by atoms with van der Waals surface area (Å²) in [6.07, 6.45) is 1.46. The number of benzene rings is 1. The van der Waals surface area contributed by atoms with Crippen LogP contribution in [0.3, 0.4) is 0 Å². The van der Waals surface area contributed by atoms with Gasteiger partial charge in [0.25, 0.3) is 0 Å². The van der Waals surface area contributed by atoms with Gasteiger partial charge >= 0.3 is 0 Å². The van der Waals surface area contributed by atoms with E-state index in [0.29, 0.717) is 6.54 Å². The van der Waals surface area contributed by atoms with Crippen molar-refractivity contribution in [3.8, 4) is 0 Å². The largest absolute Gasteiger partial charge is 0.389 e. The van der Waals surface area contributed by atoms with Crippen molar-refractivity contribution >= 4 is 0 Å². The Morgan fingerprint density at radius 1 is 1.17 bits per heavy atom. The number of β-amino-alcohol motifs (C(OH)–C–C–N with tert-alkyl or cyclic N) is 1. The van der Waals surface area contributed by atoms with Gasteiger partial charge in [-0.3, -0.25) is 0 Å². The zero-order valence-corrected chi connectivity index (χ0v) is 11.3. The molecular formula is C15H23NO2. The van der Waals surface area contributed by atoms with E-state index in [-0.39, 0.29) is 0 Å². The van der Waals surface area contributed by atoms with Crippen molar-refractivity contribution in [3.63, 3.8) is 0 Å². The highest BCUT2D eigenvalue weighted by Gasteiger charge is 2.34. The molecule has 2 rings (SSSR count). The minimum atomic E-state index is -0.697. The van der Waals surface area contributed by atoms with Crippen LogP contribution in [-0.2, 0) is 5.60 Å². The Morgan fingerprint density at radius 2 is 1.72 bits per heavy atom. The van der Waals surface area contributed by atoms with Gasteiger partial charge in [-0.2, -0.15) is 0 Å². The van der Waals surface area contributed by atoms with Crippen LogP contribution < -0.4 is 0 Å². The number of nitrogens with zero attached hydrogens (tertiary/aromatic N) is 1. The van der Waals surface area contributed by atoms with Gasteiger partial charge in [0.05, 0.1) is 11.2 Å². The maximum absolute atomic E-state index is 10.7. The van der Waals surface area contributed by atoms with E-state index in [4.69, 9.17) is 0 Å². The number of piperidine rings is 1. The molecule has 1 fully saturated rings. The van der Waals surface area contributed by atoms with Gasteiger partial charge in [-0.05, 0) is 32.3 Å².